The van der Waals surface area contributed by atoms with E-state index in [4.69, 9.17) is 9.47 Å². The van der Waals surface area contributed by atoms with E-state index in [2.05, 4.69) is 5.32 Å². The molecule has 0 aliphatic heterocycles. The van der Waals surface area contributed by atoms with E-state index < -0.39 is 0 Å². The molecule has 0 saturated carbocycles. The number of hydrogen-bond acceptors (Lipinski definition) is 4. The number of carbonyl (C=O) groups is 1. The number of hydrogen-bond donors (Lipinski definition) is 1. The maximum Gasteiger partial charge on any atom is 0.243 e. The van der Waals surface area contributed by atoms with Gasteiger partial charge in [0, 0.05) is 18.3 Å². The normalized spacial score (nSPS) is 10.3. The Morgan fingerprint density at radius 2 is 1.73 bits per heavy atom. The highest BCUT2D eigenvalue weighted by Crippen LogP contribution is 2.29. The van der Waals surface area contributed by atoms with Crippen molar-refractivity contribution in [3.63, 3.8) is 0 Å². The summed E-state index contributed by atoms with van der Waals surface area (Å²) in [6, 6.07) is 11.4. The predicted molar refractivity (Wildman–Crippen MR) is 102 cm³/mol. The smallest absolute Gasteiger partial charge is 0.243 e. The van der Waals surface area contributed by atoms with Gasteiger partial charge in [-0.05, 0) is 57.2 Å². The van der Waals surface area contributed by atoms with Crippen LogP contribution in [0.15, 0.2) is 42.5 Å². The maximum absolute atomic E-state index is 13.1. The van der Waals surface area contributed by atoms with Gasteiger partial charge in [-0.3, -0.25) is 4.79 Å². The Kier molecular flexibility index (Phi) is 7.26. The van der Waals surface area contributed by atoms with Crippen LogP contribution in [0.25, 0.3) is 0 Å². The second-order valence-electron chi connectivity index (χ2n) is 5.56. The Morgan fingerprint density at radius 3 is 2.35 bits per heavy atom. The lowest BCUT2D eigenvalue weighted by Gasteiger charge is -2.23. The first kappa shape index (κ1) is 19.6. The van der Waals surface area contributed by atoms with Crippen molar-refractivity contribution in [1.29, 1.82) is 0 Å². The van der Waals surface area contributed by atoms with E-state index in [1.807, 2.05) is 25.7 Å². The fourth-order valence-electron chi connectivity index (χ4n) is 2.55. The van der Waals surface area contributed by atoms with Gasteiger partial charge < -0.3 is 19.7 Å². The van der Waals surface area contributed by atoms with E-state index >= 15 is 0 Å². The molecule has 0 aliphatic carbocycles. The summed E-state index contributed by atoms with van der Waals surface area (Å²) >= 11 is 0. The van der Waals surface area contributed by atoms with Gasteiger partial charge in [0.25, 0.3) is 0 Å². The molecule has 6 heteroatoms. The molecule has 1 amide bonds. The van der Waals surface area contributed by atoms with Gasteiger partial charge in [0.05, 0.1) is 25.4 Å². The molecule has 26 heavy (non-hydrogen) atoms. The van der Waals surface area contributed by atoms with Gasteiger partial charge in [-0.15, -0.1) is 0 Å². The lowest BCUT2D eigenvalue weighted by Crippen LogP contribution is -2.33. The Morgan fingerprint density at radius 1 is 1.04 bits per heavy atom. The van der Waals surface area contributed by atoms with Crippen molar-refractivity contribution in [3.8, 4) is 11.5 Å². The zero-order chi connectivity index (χ0) is 18.9. The average Bonchev–Trinajstić information content (AvgIpc) is 2.63. The number of nitrogens with zero attached hydrogens (tertiary/aromatic N) is 1. The first-order valence-corrected chi connectivity index (χ1v) is 8.77. The third-order valence-electron chi connectivity index (χ3n) is 3.74. The monoisotopic (exact) mass is 360 g/mol. The van der Waals surface area contributed by atoms with Crippen molar-refractivity contribution < 1.29 is 18.7 Å². The van der Waals surface area contributed by atoms with E-state index in [0.29, 0.717) is 36.9 Å². The number of rotatable bonds is 9. The van der Waals surface area contributed by atoms with Crippen LogP contribution in [-0.2, 0) is 4.79 Å². The van der Waals surface area contributed by atoms with E-state index in [9.17, 15) is 9.18 Å². The summed E-state index contributed by atoms with van der Waals surface area (Å²) in [5, 5.41) is 2.88. The molecular formula is C20H25FN2O3. The first-order chi connectivity index (χ1) is 12.6. The zero-order valence-corrected chi connectivity index (χ0v) is 15.4. The molecule has 0 fully saturated rings. The fourth-order valence-corrected chi connectivity index (χ4v) is 2.55. The molecule has 5 nitrogen and oxygen atoms in total. The third kappa shape index (κ3) is 5.37. The highest BCUT2D eigenvalue weighted by molar-refractivity contribution is 5.95. The van der Waals surface area contributed by atoms with Crippen LogP contribution in [0.3, 0.4) is 0 Å². The molecule has 140 valence electrons. The minimum absolute atomic E-state index is 0.145. The van der Waals surface area contributed by atoms with Crippen LogP contribution in [0.5, 0.6) is 11.5 Å². The highest BCUT2D eigenvalue weighted by atomic mass is 19.1. The van der Waals surface area contributed by atoms with Crippen molar-refractivity contribution in [3.05, 3.63) is 48.3 Å². The number of likely N-dealkylation sites (N-methyl/N-ethyl adjacent to an activating group) is 1. The average molecular weight is 360 g/mol. The molecule has 0 saturated heterocycles. The van der Waals surface area contributed by atoms with Crippen LogP contribution in [0.2, 0.25) is 0 Å². The van der Waals surface area contributed by atoms with E-state index in [1.165, 1.54) is 12.1 Å². The summed E-state index contributed by atoms with van der Waals surface area (Å²) in [5.41, 5.74) is 1.36. The molecule has 2 rings (SSSR count). The first-order valence-electron chi connectivity index (χ1n) is 8.77. The number of ether oxygens (including phenoxy) is 2. The van der Waals surface area contributed by atoms with Gasteiger partial charge in [0.15, 0.2) is 0 Å². The molecule has 0 aliphatic rings. The molecule has 2 aromatic rings. The summed E-state index contributed by atoms with van der Waals surface area (Å²) in [7, 11) is 0. The van der Waals surface area contributed by atoms with Crippen LogP contribution >= 0.6 is 0 Å². The Labute approximate surface area is 153 Å². The molecule has 2 aromatic carbocycles. The topological polar surface area (TPSA) is 50.8 Å². The largest absolute Gasteiger partial charge is 0.494 e. The number of amides is 1. The van der Waals surface area contributed by atoms with Gasteiger partial charge >= 0.3 is 0 Å². The van der Waals surface area contributed by atoms with Crippen LogP contribution in [0.1, 0.15) is 20.8 Å². The minimum atomic E-state index is -0.302. The molecule has 1 N–H and O–H groups in total. The van der Waals surface area contributed by atoms with Gasteiger partial charge in [0.2, 0.25) is 5.91 Å². The Balaban J connectivity index is 2.12. The SMILES string of the molecule is CCOc1ccc(OCC)c(NC(=O)CN(CC)c2ccc(F)cc2)c1. The van der Waals surface area contributed by atoms with E-state index in [1.54, 1.807) is 30.3 Å². The van der Waals surface area contributed by atoms with Crippen molar-refractivity contribution in [2.45, 2.75) is 20.8 Å². The minimum Gasteiger partial charge on any atom is -0.494 e. The summed E-state index contributed by atoms with van der Waals surface area (Å²) in [4.78, 5) is 14.4. The number of halogens is 1. The lowest BCUT2D eigenvalue weighted by molar-refractivity contribution is -0.115. The standard InChI is InChI=1S/C20H25FN2O3/c1-4-23(16-9-7-15(21)8-10-16)14-20(24)22-18-13-17(25-5-2)11-12-19(18)26-6-3/h7-13H,4-6,14H2,1-3H3,(H,22,24). The Hall–Kier alpha value is -2.76. The molecular weight excluding hydrogens is 335 g/mol. The Bertz CT molecular complexity index is 719. The van der Waals surface area contributed by atoms with Crippen LogP contribution in [-0.4, -0.2) is 32.2 Å². The van der Waals surface area contributed by atoms with Gasteiger partial charge in [-0.25, -0.2) is 4.39 Å². The number of anilines is 2. The fraction of sp³-hybridized carbons (Fsp3) is 0.350. The summed E-state index contributed by atoms with van der Waals surface area (Å²) < 4.78 is 24.2. The quantitative estimate of drug-likeness (QED) is 0.732. The number of nitrogens with one attached hydrogen (secondary N) is 1. The molecule has 0 aromatic heterocycles. The molecule has 0 spiro atoms. The highest BCUT2D eigenvalue weighted by Gasteiger charge is 2.13. The second kappa shape index (κ2) is 9.65. The lowest BCUT2D eigenvalue weighted by atomic mass is 10.2. The zero-order valence-electron chi connectivity index (χ0n) is 15.4. The predicted octanol–water partition coefficient (Wildman–Crippen LogP) is 4.09. The number of benzene rings is 2. The second-order valence-corrected chi connectivity index (χ2v) is 5.56. The van der Waals surface area contributed by atoms with E-state index in [-0.39, 0.29) is 18.3 Å². The summed E-state index contributed by atoms with van der Waals surface area (Å²) in [6.07, 6.45) is 0. The van der Waals surface area contributed by atoms with Crippen LogP contribution in [0.4, 0.5) is 15.8 Å². The van der Waals surface area contributed by atoms with Crippen LogP contribution in [0, 0.1) is 5.82 Å². The van der Waals surface area contributed by atoms with E-state index in [0.717, 1.165) is 5.69 Å². The van der Waals surface area contributed by atoms with Crippen molar-refractivity contribution in [2.75, 3.05) is 36.5 Å². The van der Waals surface area contributed by atoms with Crippen molar-refractivity contribution in [2.24, 2.45) is 0 Å². The molecule has 0 atom stereocenters. The summed E-state index contributed by atoms with van der Waals surface area (Å²) in [5.74, 6) is 0.764. The number of carbonyl (C=O) groups excluding carboxylic acids is 1. The van der Waals surface area contributed by atoms with Crippen molar-refractivity contribution >= 4 is 17.3 Å². The molecule has 0 radical (unpaired) electrons. The maximum atomic E-state index is 13.1. The molecule has 0 bridgehead atoms. The van der Waals surface area contributed by atoms with Gasteiger partial charge in [-0.2, -0.15) is 0 Å². The third-order valence-corrected chi connectivity index (χ3v) is 3.74. The van der Waals surface area contributed by atoms with Crippen molar-refractivity contribution in [1.82, 2.24) is 0 Å². The molecule has 0 unspecified atom stereocenters. The molecule has 0 heterocycles. The summed E-state index contributed by atoms with van der Waals surface area (Å²) in [6.45, 7) is 7.52. The van der Waals surface area contributed by atoms with Crippen LogP contribution < -0.4 is 19.7 Å². The van der Waals surface area contributed by atoms with Gasteiger partial charge in [0.1, 0.15) is 17.3 Å². The van der Waals surface area contributed by atoms with Gasteiger partial charge in [-0.1, -0.05) is 0 Å².